The molecular weight excluding hydrogens is 271 g/mol. The summed E-state index contributed by atoms with van der Waals surface area (Å²) < 4.78 is 37.5. The Kier molecular flexibility index (Phi) is 3.48. The van der Waals surface area contributed by atoms with Gasteiger partial charge in [0.25, 0.3) is 0 Å². The van der Waals surface area contributed by atoms with E-state index in [4.69, 9.17) is 5.11 Å². The van der Waals surface area contributed by atoms with Crippen molar-refractivity contribution in [3.8, 4) is 11.1 Å². The van der Waals surface area contributed by atoms with Crippen LogP contribution < -0.4 is 0 Å². The lowest BCUT2D eigenvalue weighted by Crippen LogP contribution is -2.05. The van der Waals surface area contributed by atoms with Crippen LogP contribution in [0.1, 0.15) is 21.6 Å². The maximum absolute atomic E-state index is 12.5. The first-order valence-corrected chi connectivity index (χ1v) is 5.66. The van der Waals surface area contributed by atoms with Crippen molar-refractivity contribution in [3.63, 3.8) is 0 Å². The molecule has 20 heavy (non-hydrogen) atoms. The number of pyridine rings is 1. The number of carboxylic acids is 1. The fourth-order valence-corrected chi connectivity index (χ4v) is 1.81. The third-order valence-electron chi connectivity index (χ3n) is 2.79. The van der Waals surface area contributed by atoms with Crippen LogP contribution in [-0.2, 0) is 6.18 Å². The molecule has 0 atom stereocenters. The molecule has 0 aliphatic heterocycles. The highest BCUT2D eigenvalue weighted by atomic mass is 19.4. The first-order valence-electron chi connectivity index (χ1n) is 5.66. The van der Waals surface area contributed by atoms with E-state index in [2.05, 4.69) is 4.98 Å². The number of aryl methyl sites for hydroxylation is 1. The lowest BCUT2D eigenvalue weighted by molar-refractivity contribution is -0.137. The maximum atomic E-state index is 12.5. The second-order valence-corrected chi connectivity index (χ2v) is 4.25. The van der Waals surface area contributed by atoms with Crippen LogP contribution in [0, 0.1) is 6.92 Å². The molecule has 0 saturated heterocycles. The zero-order chi connectivity index (χ0) is 14.9. The van der Waals surface area contributed by atoms with Crippen molar-refractivity contribution in [3.05, 3.63) is 53.3 Å². The van der Waals surface area contributed by atoms with Crippen molar-refractivity contribution < 1.29 is 23.1 Å². The van der Waals surface area contributed by atoms with Crippen LogP contribution in [0.4, 0.5) is 13.2 Å². The molecule has 1 N–H and O–H groups in total. The van der Waals surface area contributed by atoms with Gasteiger partial charge in [-0.05, 0) is 36.2 Å². The number of aromatic nitrogens is 1. The Balaban J connectivity index is 2.52. The van der Waals surface area contributed by atoms with Crippen LogP contribution in [0.5, 0.6) is 0 Å². The van der Waals surface area contributed by atoms with E-state index >= 15 is 0 Å². The second kappa shape index (κ2) is 4.96. The number of rotatable bonds is 2. The molecule has 3 nitrogen and oxygen atoms in total. The predicted octanol–water partition coefficient (Wildman–Crippen LogP) is 3.77. The Hall–Kier alpha value is -2.37. The fourth-order valence-electron chi connectivity index (χ4n) is 1.81. The van der Waals surface area contributed by atoms with E-state index in [0.717, 1.165) is 12.1 Å². The van der Waals surface area contributed by atoms with E-state index < -0.39 is 17.7 Å². The van der Waals surface area contributed by atoms with Gasteiger partial charge in [0.15, 0.2) is 0 Å². The van der Waals surface area contributed by atoms with Gasteiger partial charge < -0.3 is 5.11 Å². The molecule has 2 aromatic rings. The number of hydrogen-bond donors (Lipinski definition) is 1. The first kappa shape index (κ1) is 14.0. The highest BCUT2D eigenvalue weighted by Gasteiger charge is 2.30. The first-order chi connectivity index (χ1) is 9.29. The fraction of sp³-hybridized carbons (Fsp3) is 0.143. The third-order valence-corrected chi connectivity index (χ3v) is 2.79. The minimum atomic E-state index is -4.41. The standard InChI is InChI=1S/C14H10F3NO2/c1-8-6-11(12(7-18-8)13(19)20)9-2-4-10(5-3-9)14(15,16)17/h2-7H,1H3,(H,19,20). The summed E-state index contributed by atoms with van der Waals surface area (Å²) in [5.41, 5.74) is 0.517. The van der Waals surface area contributed by atoms with E-state index in [1.54, 1.807) is 6.92 Å². The van der Waals surface area contributed by atoms with Crippen LogP contribution in [0.3, 0.4) is 0 Å². The van der Waals surface area contributed by atoms with Gasteiger partial charge >= 0.3 is 12.1 Å². The van der Waals surface area contributed by atoms with Crippen LogP contribution in [0.25, 0.3) is 11.1 Å². The summed E-state index contributed by atoms with van der Waals surface area (Å²) in [4.78, 5) is 15.0. The van der Waals surface area contributed by atoms with Gasteiger partial charge in [-0.2, -0.15) is 13.2 Å². The van der Waals surface area contributed by atoms with Crippen molar-refractivity contribution in [2.24, 2.45) is 0 Å². The average Bonchev–Trinajstić information content (AvgIpc) is 2.37. The number of halogens is 3. The molecule has 0 amide bonds. The van der Waals surface area contributed by atoms with Crippen molar-refractivity contribution >= 4 is 5.97 Å². The average molecular weight is 281 g/mol. The van der Waals surface area contributed by atoms with Gasteiger partial charge in [-0.25, -0.2) is 4.79 Å². The second-order valence-electron chi connectivity index (χ2n) is 4.25. The molecule has 0 radical (unpaired) electrons. The Labute approximate surface area is 112 Å². The molecule has 104 valence electrons. The predicted molar refractivity (Wildman–Crippen MR) is 66.4 cm³/mol. The molecule has 0 aliphatic carbocycles. The van der Waals surface area contributed by atoms with Gasteiger partial charge in [0.2, 0.25) is 0 Å². The molecule has 2 rings (SSSR count). The quantitative estimate of drug-likeness (QED) is 0.911. The number of aromatic carboxylic acids is 1. The van der Waals surface area contributed by atoms with Crippen LogP contribution in [0.2, 0.25) is 0 Å². The molecule has 0 bridgehead atoms. The summed E-state index contributed by atoms with van der Waals surface area (Å²) in [5.74, 6) is -1.17. The summed E-state index contributed by atoms with van der Waals surface area (Å²) in [5, 5.41) is 9.08. The lowest BCUT2D eigenvalue weighted by atomic mass is 9.99. The van der Waals surface area contributed by atoms with Gasteiger partial charge in [0.1, 0.15) is 0 Å². The van der Waals surface area contributed by atoms with Gasteiger partial charge in [-0.1, -0.05) is 12.1 Å². The molecule has 0 fully saturated rings. The molecule has 0 aliphatic rings. The van der Waals surface area contributed by atoms with Crippen LogP contribution in [-0.4, -0.2) is 16.1 Å². The SMILES string of the molecule is Cc1cc(-c2ccc(C(F)(F)F)cc2)c(C(=O)O)cn1. The van der Waals surface area contributed by atoms with Gasteiger partial charge in [0, 0.05) is 11.9 Å². The van der Waals surface area contributed by atoms with Crippen molar-refractivity contribution in [2.45, 2.75) is 13.1 Å². The number of nitrogens with zero attached hydrogens (tertiary/aromatic N) is 1. The smallest absolute Gasteiger partial charge is 0.416 e. The highest BCUT2D eigenvalue weighted by Crippen LogP contribution is 2.31. The Morgan fingerprint density at radius 3 is 2.30 bits per heavy atom. The van der Waals surface area contributed by atoms with E-state index in [9.17, 15) is 18.0 Å². The van der Waals surface area contributed by atoms with Crippen LogP contribution in [0.15, 0.2) is 36.5 Å². The minimum absolute atomic E-state index is 0.0460. The van der Waals surface area contributed by atoms with Gasteiger partial charge in [-0.3, -0.25) is 4.98 Å². The van der Waals surface area contributed by atoms with Crippen LogP contribution >= 0.6 is 0 Å². The molecule has 0 saturated carbocycles. The summed E-state index contributed by atoms with van der Waals surface area (Å²) in [6.07, 6.45) is -3.22. The molecule has 6 heteroatoms. The Bertz CT molecular complexity index is 648. The Morgan fingerprint density at radius 1 is 1.20 bits per heavy atom. The Morgan fingerprint density at radius 2 is 1.80 bits per heavy atom. The summed E-state index contributed by atoms with van der Waals surface area (Å²) in [6, 6.07) is 5.90. The summed E-state index contributed by atoms with van der Waals surface area (Å²) >= 11 is 0. The highest BCUT2D eigenvalue weighted by molar-refractivity contribution is 5.95. The van der Waals surface area contributed by atoms with Gasteiger partial charge in [0.05, 0.1) is 11.1 Å². The molecule has 1 heterocycles. The van der Waals surface area contributed by atoms with Crippen molar-refractivity contribution in [1.29, 1.82) is 0 Å². The zero-order valence-corrected chi connectivity index (χ0v) is 10.4. The number of benzene rings is 1. The largest absolute Gasteiger partial charge is 0.478 e. The topological polar surface area (TPSA) is 50.2 Å². The molecular formula is C14H10F3NO2. The van der Waals surface area contributed by atoms with E-state index in [1.165, 1.54) is 24.4 Å². The summed E-state index contributed by atoms with van der Waals surface area (Å²) in [6.45, 7) is 1.68. The number of hydrogen-bond acceptors (Lipinski definition) is 2. The molecule has 0 spiro atoms. The molecule has 0 unspecified atom stereocenters. The number of alkyl halides is 3. The van der Waals surface area contributed by atoms with E-state index in [0.29, 0.717) is 16.8 Å². The minimum Gasteiger partial charge on any atom is -0.478 e. The van der Waals surface area contributed by atoms with Crippen molar-refractivity contribution in [2.75, 3.05) is 0 Å². The van der Waals surface area contributed by atoms with Gasteiger partial charge in [-0.15, -0.1) is 0 Å². The maximum Gasteiger partial charge on any atom is 0.416 e. The number of carboxylic acid groups (broad SMARTS) is 1. The third kappa shape index (κ3) is 2.79. The monoisotopic (exact) mass is 281 g/mol. The normalized spacial score (nSPS) is 11.4. The molecule has 1 aromatic carbocycles. The molecule has 1 aromatic heterocycles. The zero-order valence-electron chi connectivity index (χ0n) is 10.4. The van der Waals surface area contributed by atoms with E-state index in [-0.39, 0.29) is 5.56 Å². The van der Waals surface area contributed by atoms with E-state index in [1.807, 2.05) is 0 Å². The lowest BCUT2D eigenvalue weighted by Gasteiger charge is -2.10. The van der Waals surface area contributed by atoms with Crippen molar-refractivity contribution in [1.82, 2.24) is 4.98 Å². The number of carbonyl (C=O) groups is 1. The summed E-state index contributed by atoms with van der Waals surface area (Å²) in [7, 11) is 0.